The Bertz CT molecular complexity index is 701. The quantitative estimate of drug-likeness (QED) is 0.670. The molecule has 3 rings (SSSR count). The SMILES string of the molecule is Cc1cc2ccncc2n1Cc1cccc(F)c1. The highest BCUT2D eigenvalue weighted by atomic mass is 19.1. The molecule has 2 aromatic heterocycles. The van der Waals surface area contributed by atoms with Gasteiger partial charge in [0.1, 0.15) is 5.82 Å². The first-order valence-corrected chi connectivity index (χ1v) is 5.88. The van der Waals surface area contributed by atoms with Gasteiger partial charge in [-0.25, -0.2) is 4.39 Å². The van der Waals surface area contributed by atoms with E-state index in [-0.39, 0.29) is 5.82 Å². The highest BCUT2D eigenvalue weighted by Crippen LogP contribution is 2.19. The zero-order chi connectivity index (χ0) is 12.5. The number of aryl methyl sites for hydroxylation is 1. The fraction of sp³-hybridized carbons (Fsp3) is 0.133. The normalized spacial score (nSPS) is 11.0. The van der Waals surface area contributed by atoms with Crippen LogP contribution in [0.2, 0.25) is 0 Å². The van der Waals surface area contributed by atoms with Crippen molar-refractivity contribution in [2.24, 2.45) is 0 Å². The van der Waals surface area contributed by atoms with Crippen molar-refractivity contribution in [3.63, 3.8) is 0 Å². The average Bonchev–Trinajstić information content (AvgIpc) is 2.66. The monoisotopic (exact) mass is 240 g/mol. The largest absolute Gasteiger partial charge is 0.339 e. The van der Waals surface area contributed by atoms with Crippen LogP contribution >= 0.6 is 0 Å². The molecule has 0 N–H and O–H groups in total. The molecule has 1 aromatic carbocycles. The van der Waals surface area contributed by atoms with Crippen LogP contribution < -0.4 is 0 Å². The van der Waals surface area contributed by atoms with Gasteiger partial charge in [-0.05, 0) is 36.8 Å². The molecule has 0 saturated heterocycles. The van der Waals surface area contributed by atoms with Gasteiger partial charge in [0.2, 0.25) is 0 Å². The van der Waals surface area contributed by atoms with Crippen molar-refractivity contribution < 1.29 is 4.39 Å². The van der Waals surface area contributed by atoms with Crippen LogP contribution in [0.15, 0.2) is 48.8 Å². The Labute approximate surface area is 105 Å². The number of benzene rings is 1. The van der Waals surface area contributed by atoms with Crippen LogP contribution in [0.3, 0.4) is 0 Å². The molecule has 0 bridgehead atoms. The van der Waals surface area contributed by atoms with Gasteiger partial charge in [0, 0.05) is 23.8 Å². The van der Waals surface area contributed by atoms with E-state index in [0.29, 0.717) is 6.54 Å². The van der Waals surface area contributed by atoms with Crippen molar-refractivity contribution in [1.29, 1.82) is 0 Å². The summed E-state index contributed by atoms with van der Waals surface area (Å²) in [7, 11) is 0. The Morgan fingerprint density at radius 2 is 2.11 bits per heavy atom. The maximum atomic E-state index is 13.2. The Hall–Kier alpha value is -2.16. The molecule has 0 amide bonds. The van der Waals surface area contributed by atoms with Crippen molar-refractivity contribution in [2.75, 3.05) is 0 Å². The zero-order valence-corrected chi connectivity index (χ0v) is 10.1. The van der Waals surface area contributed by atoms with Gasteiger partial charge in [-0.1, -0.05) is 12.1 Å². The second-order valence-electron chi connectivity index (χ2n) is 4.44. The number of aromatic nitrogens is 2. The summed E-state index contributed by atoms with van der Waals surface area (Å²) < 4.78 is 15.3. The van der Waals surface area contributed by atoms with Gasteiger partial charge >= 0.3 is 0 Å². The minimum atomic E-state index is -0.195. The van der Waals surface area contributed by atoms with Crippen LogP contribution in [0.5, 0.6) is 0 Å². The van der Waals surface area contributed by atoms with E-state index in [1.54, 1.807) is 18.3 Å². The van der Waals surface area contributed by atoms with Crippen LogP contribution in [0.25, 0.3) is 10.9 Å². The Balaban J connectivity index is 2.07. The van der Waals surface area contributed by atoms with Crippen molar-refractivity contribution in [2.45, 2.75) is 13.5 Å². The summed E-state index contributed by atoms with van der Waals surface area (Å²) in [5, 5.41) is 1.17. The topological polar surface area (TPSA) is 17.8 Å². The minimum absolute atomic E-state index is 0.195. The van der Waals surface area contributed by atoms with Crippen LogP contribution in [0.4, 0.5) is 4.39 Å². The lowest BCUT2D eigenvalue weighted by molar-refractivity contribution is 0.623. The van der Waals surface area contributed by atoms with E-state index in [2.05, 4.69) is 22.5 Å². The van der Waals surface area contributed by atoms with Gasteiger partial charge in [0.25, 0.3) is 0 Å². The Morgan fingerprint density at radius 3 is 2.94 bits per heavy atom. The Kier molecular flexibility index (Phi) is 2.59. The van der Waals surface area contributed by atoms with Gasteiger partial charge in [0.05, 0.1) is 11.7 Å². The van der Waals surface area contributed by atoms with Crippen molar-refractivity contribution in [3.05, 3.63) is 65.9 Å². The molecule has 0 aliphatic carbocycles. The molecular formula is C15H13FN2. The van der Waals surface area contributed by atoms with E-state index in [0.717, 1.165) is 16.8 Å². The summed E-state index contributed by atoms with van der Waals surface area (Å²) in [5.74, 6) is -0.195. The number of hydrogen-bond acceptors (Lipinski definition) is 1. The lowest BCUT2D eigenvalue weighted by Gasteiger charge is -2.08. The van der Waals surface area contributed by atoms with Crippen molar-refractivity contribution in [1.82, 2.24) is 9.55 Å². The number of pyridine rings is 1. The summed E-state index contributed by atoms with van der Waals surface area (Å²) in [5.41, 5.74) is 3.20. The first kappa shape index (κ1) is 11.0. The average molecular weight is 240 g/mol. The molecule has 0 atom stereocenters. The number of rotatable bonds is 2. The molecular weight excluding hydrogens is 227 g/mol. The molecule has 0 spiro atoms. The number of fused-ring (bicyclic) bond motifs is 1. The lowest BCUT2D eigenvalue weighted by atomic mass is 10.2. The summed E-state index contributed by atoms with van der Waals surface area (Å²) >= 11 is 0. The predicted molar refractivity (Wildman–Crippen MR) is 70.0 cm³/mol. The zero-order valence-electron chi connectivity index (χ0n) is 10.1. The van der Waals surface area contributed by atoms with Crippen molar-refractivity contribution in [3.8, 4) is 0 Å². The maximum absolute atomic E-state index is 13.2. The first-order chi connectivity index (χ1) is 8.74. The molecule has 2 heterocycles. The standard InChI is InChI=1S/C15H13FN2/c1-11-7-13-5-6-17-9-15(13)18(11)10-12-3-2-4-14(16)8-12/h2-9H,10H2,1H3. The molecule has 90 valence electrons. The van der Waals surface area contributed by atoms with Gasteiger partial charge in [-0.2, -0.15) is 0 Å². The molecule has 3 aromatic rings. The first-order valence-electron chi connectivity index (χ1n) is 5.88. The molecule has 3 heteroatoms. The summed E-state index contributed by atoms with van der Waals surface area (Å²) in [6.07, 6.45) is 3.63. The highest BCUT2D eigenvalue weighted by Gasteiger charge is 2.06. The molecule has 0 unspecified atom stereocenters. The Morgan fingerprint density at radius 1 is 1.22 bits per heavy atom. The van der Waals surface area contributed by atoms with Crippen molar-refractivity contribution >= 4 is 10.9 Å². The molecule has 0 radical (unpaired) electrons. The van der Waals surface area contributed by atoms with Crippen LogP contribution in [-0.2, 0) is 6.54 Å². The summed E-state index contributed by atoms with van der Waals surface area (Å²) in [6.45, 7) is 2.72. The lowest BCUT2D eigenvalue weighted by Crippen LogP contribution is -2.01. The molecule has 0 aliphatic rings. The number of hydrogen-bond donors (Lipinski definition) is 0. The van der Waals surface area contributed by atoms with Gasteiger partial charge in [0.15, 0.2) is 0 Å². The van der Waals surface area contributed by atoms with Gasteiger partial charge < -0.3 is 4.57 Å². The summed E-state index contributed by atoms with van der Waals surface area (Å²) in [6, 6.07) is 10.8. The number of halogens is 1. The van der Waals surface area contributed by atoms with Crippen LogP contribution in [-0.4, -0.2) is 9.55 Å². The molecule has 0 saturated carbocycles. The molecule has 0 aliphatic heterocycles. The van der Waals surface area contributed by atoms with E-state index in [4.69, 9.17) is 0 Å². The fourth-order valence-electron chi connectivity index (χ4n) is 2.27. The third-order valence-electron chi connectivity index (χ3n) is 3.14. The minimum Gasteiger partial charge on any atom is -0.339 e. The third-order valence-corrected chi connectivity index (χ3v) is 3.14. The second kappa shape index (κ2) is 4.26. The maximum Gasteiger partial charge on any atom is 0.123 e. The van der Waals surface area contributed by atoms with E-state index in [1.807, 2.05) is 18.3 Å². The molecule has 2 nitrogen and oxygen atoms in total. The van der Waals surface area contributed by atoms with E-state index in [1.165, 1.54) is 11.5 Å². The summed E-state index contributed by atoms with van der Waals surface area (Å²) in [4.78, 5) is 4.15. The molecule has 0 fully saturated rings. The van der Waals surface area contributed by atoms with E-state index < -0.39 is 0 Å². The smallest absolute Gasteiger partial charge is 0.123 e. The van der Waals surface area contributed by atoms with Gasteiger partial charge in [-0.3, -0.25) is 4.98 Å². The van der Waals surface area contributed by atoms with Crippen LogP contribution in [0, 0.1) is 12.7 Å². The molecule has 18 heavy (non-hydrogen) atoms. The predicted octanol–water partition coefficient (Wildman–Crippen LogP) is 3.53. The van der Waals surface area contributed by atoms with E-state index >= 15 is 0 Å². The fourth-order valence-corrected chi connectivity index (χ4v) is 2.27. The third kappa shape index (κ3) is 1.88. The van der Waals surface area contributed by atoms with Crippen LogP contribution in [0.1, 0.15) is 11.3 Å². The second-order valence-corrected chi connectivity index (χ2v) is 4.44. The van der Waals surface area contributed by atoms with E-state index in [9.17, 15) is 4.39 Å². The highest BCUT2D eigenvalue weighted by molar-refractivity contribution is 5.80. The van der Waals surface area contributed by atoms with Gasteiger partial charge in [-0.15, -0.1) is 0 Å². The number of nitrogens with zero attached hydrogens (tertiary/aromatic N) is 2.